The minimum atomic E-state index is -1.51. The highest BCUT2D eigenvalue weighted by Gasteiger charge is 2.53. The first-order valence-electron chi connectivity index (χ1n) is 11.5. The molecule has 0 radical (unpaired) electrons. The van der Waals surface area contributed by atoms with Crippen LogP contribution in [0.2, 0.25) is 0 Å². The zero-order valence-electron chi connectivity index (χ0n) is 20.2. The molecule has 204 valence electrons. The number of carboxylic acid groups (broad SMARTS) is 1. The van der Waals surface area contributed by atoms with E-state index in [2.05, 4.69) is 19.8 Å². The van der Waals surface area contributed by atoms with E-state index in [0.29, 0.717) is 17.7 Å². The van der Waals surface area contributed by atoms with E-state index in [1.807, 2.05) is 6.92 Å². The van der Waals surface area contributed by atoms with Crippen LogP contribution in [0.15, 0.2) is 34.3 Å². The maximum atomic E-state index is 13.1. The molecule has 2 aliphatic heterocycles. The Morgan fingerprint density at radius 2 is 2.18 bits per heavy atom. The molecule has 5 heterocycles. The fourth-order valence-corrected chi connectivity index (χ4v) is 6.77. The zero-order chi connectivity index (χ0) is 27.8. The van der Waals surface area contributed by atoms with Gasteiger partial charge in [0, 0.05) is 28.2 Å². The van der Waals surface area contributed by atoms with Gasteiger partial charge in [-0.1, -0.05) is 23.4 Å². The van der Waals surface area contributed by atoms with Gasteiger partial charge in [-0.05, 0) is 6.42 Å². The number of aliphatic carboxylic acids is 1. The lowest BCUT2D eigenvalue weighted by Crippen LogP contribution is -2.71. The van der Waals surface area contributed by atoms with E-state index in [-0.39, 0.29) is 41.3 Å². The van der Waals surface area contributed by atoms with Crippen molar-refractivity contribution in [3.05, 3.63) is 40.7 Å². The molecular weight excluding hydrogens is 570 g/mol. The average Bonchev–Trinajstić information content (AvgIpc) is 3.60. The molecule has 15 nitrogen and oxygen atoms in total. The molecule has 0 aliphatic carbocycles. The van der Waals surface area contributed by atoms with Crippen molar-refractivity contribution in [2.75, 3.05) is 18.1 Å². The molecule has 18 heteroatoms. The first-order chi connectivity index (χ1) is 18.7. The standard InChI is InChI=1S/C21H21N9O6S3/c1-2-3-36-26-12(16-25-21(23)39-27-16)17(32)24-13-18(33)30-14(20(34)35)9(6-38-19(13)30)4-28-5-11-29(8-28)10(7-37-11)15(22)31/h5,7-8,13,19H,2-4,6H2,1H3,(H5-,22,23,24,25,27,31,32,34,35)/b26-12-/t13-,19-/m1/s1. The number of hydrogen-bond acceptors (Lipinski definition) is 13. The Morgan fingerprint density at radius 1 is 1.38 bits per heavy atom. The highest BCUT2D eigenvalue weighted by Crippen LogP contribution is 2.40. The van der Waals surface area contributed by atoms with Gasteiger partial charge in [-0.2, -0.15) is 13.8 Å². The molecule has 2 aliphatic rings. The fourth-order valence-electron chi connectivity index (χ4n) is 4.09. The molecule has 0 bridgehead atoms. The number of nitrogens with zero attached hydrogens (tertiary/aromatic N) is 6. The number of nitrogen functional groups attached to an aromatic ring is 1. The summed E-state index contributed by atoms with van der Waals surface area (Å²) in [5.74, 6) is -3.27. The maximum Gasteiger partial charge on any atom is 0.289 e. The Bertz CT molecular complexity index is 1560. The summed E-state index contributed by atoms with van der Waals surface area (Å²) >= 11 is 3.48. The highest BCUT2D eigenvalue weighted by molar-refractivity contribution is 8.00. The summed E-state index contributed by atoms with van der Waals surface area (Å²) in [5, 5.41) is 19.6. The van der Waals surface area contributed by atoms with E-state index in [0.717, 1.165) is 21.3 Å². The fraction of sp³-hybridized carbons (Fsp3) is 0.333. The normalized spacial score (nSPS) is 19.2. The van der Waals surface area contributed by atoms with Crippen LogP contribution in [0.3, 0.4) is 0 Å². The smallest absolute Gasteiger partial charge is 0.289 e. The third-order valence-electron chi connectivity index (χ3n) is 5.80. The van der Waals surface area contributed by atoms with Crippen LogP contribution >= 0.6 is 34.6 Å². The predicted molar refractivity (Wildman–Crippen MR) is 138 cm³/mol. The van der Waals surface area contributed by atoms with E-state index in [9.17, 15) is 24.3 Å². The maximum absolute atomic E-state index is 13.1. The van der Waals surface area contributed by atoms with Crippen molar-refractivity contribution in [3.8, 4) is 0 Å². The number of primary amides is 1. The molecule has 0 aromatic carbocycles. The predicted octanol–water partition coefficient (Wildman–Crippen LogP) is -1.94. The van der Waals surface area contributed by atoms with Crippen LogP contribution in [0, 0.1) is 0 Å². The third kappa shape index (κ3) is 4.92. The van der Waals surface area contributed by atoms with Gasteiger partial charge in [0.05, 0.1) is 11.7 Å². The number of nitrogens with one attached hydrogen (secondary N) is 1. The number of β-lactam (4-membered cyclic amide) rings is 1. The Kier molecular flexibility index (Phi) is 7.23. The summed E-state index contributed by atoms with van der Waals surface area (Å²) in [6.45, 7) is 2.25. The second-order valence-electron chi connectivity index (χ2n) is 8.44. The van der Waals surface area contributed by atoms with Crippen molar-refractivity contribution in [1.29, 1.82) is 0 Å². The number of carbonyl (C=O) groups excluding carboxylic acids is 4. The molecule has 0 spiro atoms. The number of hydrogen-bond donors (Lipinski definition) is 3. The molecule has 0 unspecified atom stereocenters. The van der Waals surface area contributed by atoms with E-state index in [4.69, 9.17) is 16.3 Å². The SMILES string of the molecule is CCCO/N=C(\C(=O)N[C@@H]1C(=O)N2C(C(=O)[O-])=C(C[n+]3cc4scc(C(N)=O)n4c3)CS[C@H]12)c1nsc(N)n1. The van der Waals surface area contributed by atoms with Crippen LogP contribution < -0.4 is 26.5 Å². The molecule has 3 aromatic rings. The van der Waals surface area contributed by atoms with Crippen molar-refractivity contribution < 1.29 is 33.7 Å². The summed E-state index contributed by atoms with van der Waals surface area (Å²) in [5.41, 5.74) is 11.3. The van der Waals surface area contributed by atoms with Crippen molar-refractivity contribution in [2.45, 2.75) is 31.3 Å². The van der Waals surface area contributed by atoms with Gasteiger partial charge in [0.1, 0.15) is 30.8 Å². The third-order valence-corrected chi connectivity index (χ3v) is 8.57. The number of carbonyl (C=O) groups is 4. The molecule has 1 saturated heterocycles. The number of fused-ring (bicyclic) bond motifs is 2. The number of thioether (sulfide) groups is 1. The van der Waals surface area contributed by atoms with Crippen LogP contribution in [0.4, 0.5) is 5.13 Å². The number of oxime groups is 1. The average molecular weight is 592 g/mol. The van der Waals surface area contributed by atoms with Gasteiger partial charge in [-0.25, -0.2) is 4.57 Å². The largest absolute Gasteiger partial charge is 0.543 e. The van der Waals surface area contributed by atoms with E-state index in [1.54, 1.807) is 26.9 Å². The molecule has 3 amide bonds. The van der Waals surface area contributed by atoms with Crippen LogP contribution in [0.5, 0.6) is 0 Å². The van der Waals surface area contributed by atoms with E-state index < -0.39 is 35.1 Å². The zero-order valence-corrected chi connectivity index (χ0v) is 22.7. The van der Waals surface area contributed by atoms with Crippen molar-refractivity contribution in [2.24, 2.45) is 10.9 Å². The second-order valence-corrected chi connectivity index (χ2v) is 11.2. The number of imidazole rings is 1. The number of aromatic nitrogens is 4. The van der Waals surface area contributed by atoms with Crippen LogP contribution in [-0.2, 0) is 25.8 Å². The molecule has 5 N–H and O–H groups in total. The van der Waals surface area contributed by atoms with E-state index in [1.165, 1.54) is 23.1 Å². The van der Waals surface area contributed by atoms with Crippen LogP contribution in [0.1, 0.15) is 29.7 Å². The summed E-state index contributed by atoms with van der Waals surface area (Å²) in [7, 11) is 0. The lowest BCUT2D eigenvalue weighted by Gasteiger charge is -2.50. The van der Waals surface area contributed by atoms with Gasteiger partial charge in [0.2, 0.25) is 22.1 Å². The summed E-state index contributed by atoms with van der Waals surface area (Å²) in [6.07, 6.45) is 4.02. The lowest BCUT2D eigenvalue weighted by atomic mass is 10.0. The molecular formula is C21H21N9O6S3. The van der Waals surface area contributed by atoms with Gasteiger partial charge in [-0.3, -0.25) is 19.3 Å². The first-order valence-corrected chi connectivity index (χ1v) is 14.2. The van der Waals surface area contributed by atoms with Gasteiger partial charge < -0.3 is 31.5 Å². The summed E-state index contributed by atoms with van der Waals surface area (Å²) in [4.78, 5) is 60.8. The number of nitrogens with two attached hydrogens (primary N) is 2. The number of amides is 3. The van der Waals surface area contributed by atoms with Crippen LogP contribution in [-0.4, -0.2) is 71.8 Å². The van der Waals surface area contributed by atoms with E-state index >= 15 is 0 Å². The number of thiazole rings is 1. The van der Waals surface area contributed by atoms with Gasteiger partial charge in [0.25, 0.3) is 24.0 Å². The van der Waals surface area contributed by atoms with Gasteiger partial charge in [0.15, 0.2) is 5.13 Å². The van der Waals surface area contributed by atoms with Crippen molar-refractivity contribution in [3.63, 3.8) is 0 Å². The number of rotatable bonds is 10. The Labute approximate surface area is 232 Å². The molecule has 0 saturated carbocycles. The monoisotopic (exact) mass is 591 g/mol. The topological polar surface area (TPSA) is 214 Å². The Balaban J connectivity index is 1.35. The molecule has 1 fully saturated rings. The molecule has 39 heavy (non-hydrogen) atoms. The number of anilines is 1. The quantitative estimate of drug-likeness (QED) is 0.0779. The highest BCUT2D eigenvalue weighted by atomic mass is 32.2. The molecule has 2 atom stereocenters. The summed E-state index contributed by atoms with van der Waals surface area (Å²) < 4.78 is 7.30. The molecule has 5 rings (SSSR count). The second kappa shape index (κ2) is 10.6. The molecule has 3 aromatic heterocycles. The van der Waals surface area contributed by atoms with Crippen molar-refractivity contribution >= 4 is 74.0 Å². The minimum absolute atomic E-state index is 0.0485. The minimum Gasteiger partial charge on any atom is -0.543 e. The lowest BCUT2D eigenvalue weighted by molar-refractivity contribution is -0.687. The van der Waals surface area contributed by atoms with Crippen LogP contribution in [0.25, 0.3) is 4.83 Å². The van der Waals surface area contributed by atoms with Gasteiger partial charge in [-0.15, -0.1) is 11.8 Å². The Morgan fingerprint density at radius 3 is 2.85 bits per heavy atom. The number of carboxylic acids is 1. The van der Waals surface area contributed by atoms with Crippen molar-refractivity contribution in [1.82, 2.24) is 24.0 Å². The summed E-state index contributed by atoms with van der Waals surface area (Å²) in [6, 6.07) is -1.02. The first kappa shape index (κ1) is 26.6. The Hall–Kier alpha value is -4.03. The van der Waals surface area contributed by atoms with Gasteiger partial charge >= 0.3 is 0 Å².